The second-order valence-corrected chi connectivity index (χ2v) is 19.6. The van der Waals surface area contributed by atoms with Gasteiger partial charge in [0.05, 0.1) is 5.69 Å². The summed E-state index contributed by atoms with van der Waals surface area (Å²) in [4.78, 5) is 110. The number of alkyl halides is 1. The van der Waals surface area contributed by atoms with Crippen molar-refractivity contribution in [2.24, 2.45) is 0 Å². The fourth-order valence-corrected chi connectivity index (χ4v) is 9.72. The molecule has 0 saturated carbocycles. The van der Waals surface area contributed by atoms with E-state index in [1.807, 2.05) is 56.3 Å². The predicted octanol–water partition coefficient (Wildman–Crippen LogP) is 4.63. The Bertz CT molecular complexity index is 2870. The van der Waals surface area contributed by atoms with Crippen LogP contribution in [0.25, 0.3) is 21.7 Å². The molecule has 0 bridgehead atoms. The molecule has 23 nitrogen and oxygen atoms in total. The molecule has 4 aromatic rings. The highest BCUT2D eigenvalue weighted by Crippen LogP contribution is 2.48. The van der Waals surface area contributed by atoms with Gasteiger partial charge in [0, 0.05) is 95.2 Å². The molecule has 3 aliphatic heterocycles. The van der Waals surface area contributed by atoms with E-state index < -0.39 is 122 Å². The Morgan fingerprint density at radius 1 is 0.662 bits per heavy atom. The number of benzene rings is 3. The average molecular weight is 1100 g/mol. The first-order valence-corrected chi connectivity index (χ1v) is 25.1. The molecule has 0 aliphatic carbocycles. The monoisotopic (exact) mass is 1100 g/mol. The summed E-state index contributed by atoms with van der Waals surface area (Å²) in [5, 5.41) is 1.44. The topological polar surface area (TPSA) is 270 Å². The van der Waals surface area contributed by atoms with E-state index in [-0.39, 0.29) is 29.8 Å². The minimum absolute atomic E-state index is 0.102. The van der Waals surface area contributed by atoms with E-state index in [2.05, 4.69) is 4.98 Å². The van der Waals surface area contributed by atoms with Crippen molar-refractivity contribution in [3.05, 3.63) is 65.9 Å². The number of halogens is 1. The number of fused-ring (bicyclic) bond motifs is 4. The van der Waals surface area contributed by atoms with Crippen LogP contribution < -0.4 is 14.4 Å². The second kappa shape index (κ2) is 25.0. The van der Waals surface area contributed by atoms with Crippen molar-refractivity contribution in [2.45, 2.75) is 128 Å². The molecule has 77 heavy (non-hydrogen) atoms. The van der Waals surface area contributed by atoms with Crippen molar-refractivity contribution >= 4 is 86.7 Å². The Morgan fingerprint density at radius 2 is 1.19 bits per heavy atom. The van der Waals surface area contributed by atoms with Crippen molar-refractivity contribution in [3.8, 4) is 11.5 Å². The number of hydrogen-bond acceptors (Lipinski definition) is 21. The minimum Gasteiger partial charge on any atom is -0.492 e. The van der Waals surface area contributed by atoms with Crippen LogP contribution >= 0.6 is 11.6 Å². The van der Waals surface area contributed by atoms with Crippen LogP contribution in [-0.2, 0) is 80.9 Å². The highest BCUT2D eigenvalue weighted by Gasteiger charge is 2.58. The van der Waals surface area contributed by atoms with E-state index in [0.717, 1.165) is 59.4 Å². The number of aromatic nitrogens is 1. The molecule has 0 spiro atoms. The average Bonchev–Trinajstić information content (AvgIpc) is 4.07. The van der Waals surface area contributed by atoms with Gasteiger partial charge in [-0.2, -0.15) is 0 Å². The minimum atomic E-state index is -1.89. The van der Waals surface area contributed by atoms with E-state index in [4.69, 9.17) is 68.4 Å². The van der Waals surface area contributed by atoms with Gasteiger partial charge in [0.25, 0.3) is 5.91 Å². The molecule has 2 saturated heterocycles. The Kier molecular flexibility index (Phi) is 18.7. The fraction of sp³-hybridized carbons (Fsp3) is 0.509. The van der Waals surface area contributed by atoms with E-state index >= 15 is 0 Å². The number of aromatic amines is 1. The van der Waals surface area contributed by atoms with Crippen LogP contribution in [0.3, 0.4) is 0 Å². The molecular weight excluding hydrogens is 1030 g/mol. The third-order valence-electron chi connectivity index (χ3n) is 12.6. The number of amides is 1. The van der Waals surface area contributed by atoms with Gasteiger partial charge < -0.3 is 71.6 Å². The van der Waals surface area contributed by atoms with Crippen LogP contribution in [-0.4, -0.2) is 171 Å². The lowest BCUT2D eigenvalue weighted by Crippen LogP contribution is -2.67. The van der Waals surface area contributed by atoms with Crippen molar-refractivity contribution in [3.63, 3.8) is 0 Å². The van der Waals surface area contributed by atoms with Crippen molar-refractivity contribution < 1.29 is 95.2 Å². The Balaban J connectivity index is 1.31. The third-order valence-corrected chi connectivity index (χ3v) is 12.9. The van der Waals surface area contributed by atoms with Gasteiger partial charge in [0.15, 0.2) is 30.7 Å². The molecule has 1 amide bonds. The van der Waals surface area contributed by atoms with Gasteiger partial charge in [-0.15, -0.1) is 11.6 Å². The number of ether oxygens (including phenoxy) is 12. The summed E-state index contributed by atoms with van der Waals surface area (Å²) in [6.07, 6.45) is -16.9. The number of nitrogens with one attached hydrogen (secondary N) is 1. The molecular formula is C53H62ClN3O20. The van der Waals surface area contributed by atoms with Crippen molar-refractivity contribution in [2.75, 3.05) is 51.9 Å². The summed E-state index contributed by atoms with van der Waals surface area (Å²) in [7, 11) is 3.89. The van der Waals surface area contributed by atoms with Crippen LogP contribution in [0.15, 0.2) is 54.6 Å². The first-order valence-electron chi connectivity index (χ1n) is 24.7. The molecule has 4 heterocycles. The Labute approximate surface area is 447 Å². The van der Waals surface area contributed by atoms with Gasteiger partial charge >= 0.3 is 41.8 Å². The molecule has 1 aromatic heterocycles. The summed E-state index contributed by atoms with van der Waals surface area (Å²) >= 11 is 6.92. The Morgan fingerprint density at radius 3 is 1.77 bits per heavy atom. The number of carbonyl (C=O) groups excluding carboxylic acids is 8. The maximum Gasteiger partial charge on any atom is 0.303 e. The van der Waals surface area contributed by atoms with Crippen LogP contribution in [0.4, 0.5) is 5.69 Å². The fourth-order valence-electron chi connectivity index (χ4n) is 9.51. The molecule has 7 rings (SSSR count). The highest BCUT2D eigenvalue weighted by atomic mass is 35.5. The zero-order chi connectivity index (χ0) is 56.0. The molecule has 416 valence electrons. The smallest absolute Gasteiger partial charge is 0.303 e. The van der Waals surface area contributed by atoms with E-state index in [9.17, 15) is 38.4 Å². The molecule has 12 atom stereocenters. The van der Waals surface area contributed by atoms with Crippen LogP contribution in [0.1, 0.15) is 77.4 Å². The van der Waals surface area contributed by atoms with Gasteiger partial charge in [-0.3, -0.25) is 38.4 Å². The van der Waals surface area contributed by atoms with Gasteiger partial charge in [-0.1, -0.05) is 24.3 Å². The SMILES string of the molecule is CC(=O)OC[C@H]1O[C@@H](O[C@H]2[C@H](OC(C)=O)[C@@H](OC(C)=O)[C@@H](Oc3cc4c(c5ccccc35)[C@H]([C@@H](C)Cl)CN4C(=O)c3cc4cc(OCCN(C)C)ccc4[nH]3)O[C@@H]2COC(C)=O)[C@H](OC(C)=O)[C@@H](OC(C)=O)[C@@H]1OC(C)=O. The van der Waals surface area contributed by atoms with Gasteiger partial charge in [0.1, 0.15) is 55.3 Å². The van der Waals surface area contributed by atoms with Gasteiger partial charge in [-0.05, 0) is 56.2 Å². The summed E-state index contributed by atoms with van der Waals surface area (Å²) < 4.78 is 71.2. The first kappa shape index (κ1) is 57.7. The zero-order valence-electron chi connectivity index (χ0n) is 44.1. The number of H-pyrrole nitrogens is 1. The molecule has 0 radical (unpaired) electrons. The molecule has 1 N–H and O–H groups in total. The lowest BCUT2D eigenvalue weighted by molar-refractivity contribution is -0.354. The number of hydrogen-bond donors (Lipinski definition) is 1. The number of esters is 7. The molecule has 3 aliphatic rings. The maximum atomic E-state index is 14.8. The highest BCUT2D eigenvalue weighted by molar-refractivity contribution is 6.22. The summed E-state index contributed by atoms with van der Waals surface area (Å²) in [6.45, 7) is 9.37. The lowest BCUT2D eigenvalue weighted by Gasteiger charge is -2.48. The Hall–Kier alpha value is -7.05. The van der Waals surface area contributed by atoms with E-state index in [1.54, 1.807) is 29.2 Å². The number of likely N-dealkylation sites (N-methyl/N-ethyl adjacent to an activating group) is 1. The summed E-state index contributed by atoms with van der Waals surface area (Å²) in [6, 6.07) is 16.0. The molecule has 3 aromatic carbocycles. The summed E-state index contributed by atoms with van der Waals surface area (Å²) in [5.74, 6) is -6.18. The number of carbonyl (C=O) groups is 8. The second-order valence-electron chi connectivity index (χ2n) is 18.9. The quantitative estimate of drug-likeness (QED) is 0.0761. The zero-order valence-corrected chi connectivity index (χ0v) is 44.9. The van der Waals surface area contributed by atoms with Gasteiger partial charge in [0.2, 0.25) is 12.4 Å². The number of nitrogens with zero attached hydrogens (tertiary/aromatic N) is 2. The van der Waals surface area contributed by atoms with Crippen LogP contribution in [0.5, 0.6) is 11.5 Å². The molecule has 0 unspecified atom stereocenters. The van der Waals surface area contributed by atoms with Crippen molar-refractivity contribution in [1.82, 2.24) is 9.88 Å². The molecule has 2 fully saturated rings. The predicted molar refractivity (Wildman–Crippen MR) is 270 cm³/mol. The van der Waals surface area contributed by atoms with E-state index in [1.165, 1.54) is 0 Å². The normalized spacial score (nSPS) is 25.2. The van der Waals surface area contributed by atoms with Gasteiger partial charge in [-0.25, -0.2) is 0 Å². The third kappa shape index (κ3) is 13.9. The van der Waals surface area contributed by atoms with Crippen molar-refractivity contribution in [1.29, 1.82) is 0 Å². The van der Waals surface area contributed by atoms with Crippen LogP contribution in [0, 0.1) is 0 Å². The number of anilines is 1. The van der Waals surface area contributed by atoms with E-state index in [0.29, 0.717) is 40.9 Å². The largest absolute Gasteiger partial charge is 0.492 e. The standard InChI is InChI=1S/C53H62ClN3O20/c1-25(54)37-22-57(51(65)39-20-33-19-34(15-16-38(33)55-39)66-18-17-56(9)10)40-21-41(35-13-11-12-14-36(35)44(37)40)74-52-49(72-31(7)63)48(71-30(6)62)46(43(75-52)24-68-27(3)59)77-53-50(73-32(8)64)47(70-29(5)61)45(69-28(4)60)42(76-53)23-67-26(2)58/h11-16,19-21,25,37,42-43,45-50,52-53,55H,17-18,22-24H2,1-10H3/t25-,37+,42-,43-,45-,46-,47+,48+,49-,50-,52+,53+/m1/s1. The molecule has 24 heteroatoms. The number of rotatable bonds is 19. The maximum absolute atomic E-state index is 14.8. The lowest BCUT2D eigenvalue weighted by atomic mass is 9.92. The van der Waals surface area contributed by atoms with Crippen LogP contribution in [0.2, 0.25) is 0 Å². The first-order chi connectivity index (χ1) is 36.5. The summed E-state index contributed by atoms with van der Waals surface area (Å²) in [5.41, 5.74) is 2.16.